The Kier molecular flexibility index (Phi) is 3.88. The fraction of sp³-hybridized carbons (Fsp3) is 0.667. The standard InChI is InChI=1S/C6H5F7S/c7-4(8,2-1-3-14)5(9,10)6(11,12)13/h1-2,14H,3H2. The minimum atomic E-state index is -6.28. The molecule has 84 valence electrons. The first-order valence-corrected chi connectivity index (χ1v) is 3.80. The van der Waals surface area contributed by atoms with E-state index in [1.165, 1.54) is 0 Å². The molecule has 0 aliphatic rings. The van der Waals surface area contributed by atoms with Crippen molar-refractivity contribution in [1.29, 1.82) is 0 Å². The maximum Gasteiger partial charge on any atom is 0.460 e. The SMILES string of the molecule is FC(F)(F)C(F)(F)C(F)(F)C=CCS. The second-order valence-corrected chi connectivity index (χ2v) is 2.65. The lowest BCUT2D eigenvalue weighted by Gasteiger charge is -2.25. The third kappa shape index (κ3) is 2.55. The van der Waals surface area contributed by atoms with Gasteiger partial charge < -0.3 is 0 Å². The monoisotopic (exact) mass is 242 g/mol. The van der Waals surface area contributed by atoms with Gasteiger partial charge in [0.05, 0.1) is 0 Å². The van der Waals surface area contributed by atoms with Crippen LogP contribution in [0, 0.1) is 0 Å². The molecule has 0 heterocycles. The van der Waals surface area contributed by atoms with Crippen LogP contribution in [0.1, 0.15) is 0 Å². The van der Waals surface area contributed by atoms with Crippen LogP contribution in [-0.2, 0) is 0 Å². The van der Waals surface area contributed by atoms with Crippen LogP contribution in [0.25, 0.3) is 0 Å². The Balaban J connectivity index is 4.97. The Labute approximate surface area is 80.2 Å². The van der Waals surface area contributed by atoms with E-state index in [4.69, 9.17) is 0 Å². The van der Waals surface area contributed by atoms with Crippen molar-refractivity contribution in [3.63, 3.8) is 0 Å². The van der Waals surface area contributed by atoms with E-state index in [-0.39, 0.29) is 5.75 Å². The minimum Gasteiger partial charge on any atom is -0.195 e. The summed E-state index contributed by atoms with van der Waals surface area (Å²) in [5.74, 6) is -11.7. The molecule has 0 amide bonds. The Morgan fingerprint density at radius 1 is 0.929 bits per heavy atom. The van der Waals surface area contributed by atoms with Crippen molar-refractivity contribution >= 4 is 12.6 Å². The summed E-state index contributed by atoms with van der Waals surface area (Å²) in [6, 6.07) is 0. The van der Waals surface area contributed by atoms with Gasteiger partial charge in [0.2, 0.25) is 0 Å². The van der Waals surface area contributed by atoms with Gasteiger partial charge in [0.1, 0.15) is 0 Å². The van der Waals surface area contributed by atoms with Gasteiger partial charge in [-0.15, -0.1) is 0 Å². The molecule has 8 heteroatoms. The summed E-state index contributed by atoms with van der Waals surface area (Å²) in [4.78, 5) is 0. The smallest absolute Gasteiger partial charge is 0.195 e. The second-order valence-electron chi connectivity index (χ2n) is 2.28. The molecule has 0 nitrogen and oxygen atoms in total. The summed E-state index contributed by atoms with van der Waals surface area (Å²) in [5.41, 5.74) is 0. The van der Waals surface area contributed by atoms with Crippen LogP contribution >= 0.6 is 12.6 Å². The number of allylic oxidation sites excluding steroid dienone is 1. The third-order valence-electron chi connectivity index (χ3n) is 1.21. The Morgan fingerprint density at radius 3 is 1.64 bits per heavy atom. The Morgan fingerprint density at radius 2 is 1.36 bits per heavy atom. The number of hydrogen-bond donors (Lipinski definition) is 1. The van der Waals surface area contributed by atoms with Crippen molar-refractivity contribution in [3.05, 3.63) is 12.2 Å². The molecule has 0 fully saturated rings. The topological polar surface area (TPSA) is 0 Å². The molecule has 0 unspecified atom stereocenters. The fourth-order valence-electron chi connectivity index (χ4n) is 0.494. The van der Waals surface area contributed by atoms with Gasteiger partial charge in [-0.1, -0.05) is 6.08 Å². The van der Waals surface area contributed by atoms with Crippen LogP contribution in [-0.4, -0.2) is 23.8 Å². The lowest BCUT2D eigenvalue weighted by atomic mass is 10.1. The van der Waals surface area contributed by atoms with Crippen molar-refractivity contribution in [3.8, 4) is 0 Å². The molecule has 0 aromatic heterocycles. The number of halogens is 7. The molecule has 0 bridgehead atoms. The molecule has 0 saturated heterocycles. The second kappa shape index (κ2) is 4.00. The summed E-state index contributed by atoms with van der Waals surface area (Å²) in [5, 5.41) is 0. The van der Waals surface area contributed by atoms with Crippen LogP contribution < -0.4 is 0 Å². The van der Waals surface area contributed by atoms with Crippen molar-refractivity contribution in [1.82, 2.24) is 0 Å². The highest BCUT2D eigenvalue weighted by molar-refractivity contribution is 7.80. The fourth-order valence-corrected chi connectivity index (χ4v) is 0.600. The predicted octanol–water partition coefficient (Wildman–Crippen LogP) is 3.31. The van der Waals surface area contributed by atoms with E-state index in [9.17, 15) is 30.7 Å². The molecule has 0 aliphatic heterocycles. The predicted molar refractivity (Wildman–Crippen MR) is 38.9 cm³/mol. The van der Waals surface area contributed by atoms with E-state index in [0.717, 1.165) is 0 Å². The van der Waals surface area contributed by atoms with Gasteiger partial charge in [0, 0.05) is 5.75 Å². The molecule has 0 rings (SSSR count). The molecule has 0 spiro atoms. The normalized spacial score (nSPS) is 15.1. The Hall–Kier alpha value is -0.400. The maximum absolute atomic E-state index is 12.3. The number of thiol groups is 1. The molecular weight excluding hydrogens is 237 g/mol. The van der Waals surface area contributed by atoms with Gasteiger partial charge >= 0.3 is 18.0 Å². The average molecular weight is 242 g/mol. The van der Waals surface area contributed by atoms with Crippen molar-refractivity contribution in [2.75, 3.05) is 5.75 Å². The number of hydrogen-bond acceptors (Lipinski definition) is 1. The van der Waals surface area contributed by atoms with Crippen LogP contribution in [0.3, 0.4) is 0 Å². The van der Waals surface area contributed by atoms with Crippen LogP contribution in [0.5, 0.6) is 0 Å². The first kappa shape index (κ1) is 13.6. The lowest BCUT2D eigenvalue weighted by molar-refractivity contribution is -0.341. The third-order valence-corrected chi connectivity index (χ3v) is 1.42. The van der Waals surface area contributed by atoms with Crippen LogP contribution in [0.15, 0.2) is 12.2 Å². The highest BCUT2D eigenvalue weighted by Gasteiger charge is 2.71. The molecule has 0 aliphatic carbocycles. The number of rotatable bonds is 3. The summed E-state index contributed by atoms with van der Waals surface area (Å²) in [6.07, 6.45) is -6.37. The first-order chi connectivity index (χ1) is 6.06. The highest BCUT2D eigenvalue weighted by atomic mass is 32.1. The summed E-state index contributed by atoms with van der Waals surface area (Å²) < 4.78 is 83.2. The summed E-state index contributed by atoms with van der Waals surface area (Å²) in [7, 11) is 0. The first-order valence-electron chi connectivity index (χ1n) is 3.17. The quantitative estimate of drug-likeness (QED) is 0.438. The van der Waals surface area contributed by atoms with Gasteiger partial charge in [0.15, 0.2) is 0 Å². The van der Waals surface area contributed by atoms with E-state index < -0.39 is 24.1 Å². The molecule has 0 N–H and O–H groups in total. The van der Waals surface area contributed by atoms with E-state index in [1.807, 2.05) is 0 Å². The van der Waals surface area contributed by atoms with Crippen molar-refractivity contribution in [2.24, 2.45) is 0 Å². The molecule has 0 aromatic carbocycles. The number of alkyl halides is 7. The van der Waals surface area contributed by atoms with Gasteiger partial charge in [-0.05, 0) is 6.08 Å². The zero-order chi connectivity index (χ0) is 11.6. The van der Waals surface area contributed by atoms with Gasteiger partial charge in [-0.25, -0.2) is 0 Å². The maximum atomic E-state index is 12.3. The van der Waals surface area contributed by atoms with Crippen LogP contribution in [0.4, 0.5) is 30.7 Å². The molecule has 0 radical (unpaired) electrons. The molecule has 0 atom stereocenters. The van der Waals surface area contributed by atoms with Gasteiger partial charge in [-0.2, -0.15) is 43.4 Å². The minimum absolute atomic E-state index is 0.358. The van der Waals surface area contributed by atoms with Gasteiger partial charge in [-0.3, -0.25) is 0 Å². The average Bonchev–Trinajstić information content (AvgIpc) is 1.98. The van der Waals surface area contributed by atoms with Crippen molar-refractivity contribution < 1.29 is 30.7 Å². The molecule has 0 saturated carbocycles. The van der Waals surface area contributed by atoms with E-state index in [0.29, 0.717) is 6.08 Å². The zero-order valence-corrected chi connectivity index (χ0v) is 7.35. The molecular formula is C6H5F7S. The van der Waals surface area contributed by atoms with E-state index in [2.05, 4.69) is 12.6 Å². The Bertz CT molecular complexity index is 217. The molecule has 0 aromatic rings. The van der Waals surface area contributed by atoms with Crippen molar-refractivity contribution in [2.45, 2.75) is 18.0 Å². The zero-order valence-electron chi connectivity index (χ0n) is 6.45. The summed E-state index contributed by atoms with van der Waals surface area (Å²) >= 11 is 3.35. The summed E-state index contributed by atoms with van der Waals surface area (Å²) in [6.45, 7) is 0. The van der Waals surface area contributed by atoms with E-state index >= 15 is 0 Å². The largest absolute Gasteiger partial charge is 0.460 e. The highest BCUT2D eigenvalue weighted by Crippen LogP contribution is 2.46. The van der Waals surface area contributed by atoms with E-state index in [1.54, 1.807) is 0 Å². The van der Waals surface area contributed by atoms with Crippen LogP contribution in [0.2, 0.25) is 0 Å². The molecule has 14 heavy (non-hydrogen) atoms. The lowest BCUT2D eigenvalue weighted by Crippen LogP contribution is -2.50. The van der Waals surface area contributed by atoms with Gasteiger partial charge in [0.25, 0.3) is 0 Å².